The lowest BCUT2D eigenvalue weighted by Crippen LogP contribution is -2.42. The summed E-state index contributed by atoms with van der Waals surface area (Å²) in [6, 6.07) is 10.4. The van der Waals surface area contributed by atoms with Crippen molar-refractivity contribution >= 4 is 5.91 Å². The second-order valence-electron chi connectivity index (χ2n) is 5.41. The van der Waals surface area contributed by atoms with Gasteiger partial charge in [-0.2, -0.15) is 0 Å². The first-order chi connectivity index (χ1) is 9.27. The molecule has 0 aromatic heterocycles. The molecule has 1 unspecified atom stereocenters. The van der Waals surface area contributed by atoms with Crippen LogP contribution in [0.15, 0.2) is 30.3 Å². The fourth-order valence-corrected chi connectivity index (χ4v) is 2.73. The number of aryl methyl sites for hydroxylation is 1. The Kier molecular flexibility index (Phi) is 4.97. The van der Waals surface area contributed by atoms with Crippen molar-refractivity contribution in [3.8, 4) is 0 Å². The maximum absolute atomic E-state index is 12.3. The van der Waals surface area contributed by atoms with Gasteiger partial charge in [-0.3, -0.25) is 4.79 Å². The zero-order valence-electron chi connectivity index (χ0n) is 11.7. The molecule has 1 aliphatic rings. The number of hydrogen-bond acceptors (Lipinski definition) is 2. The van der Waals surface area contributed by atoms with Gasteiger partial charge in [0.1, 0.15) is 0 Å². The highest BCUT2D eigenvalue weighted by Gasteiger charge is 2.38. The standard InChI is InChI=1S/C16H24N2O/c1-2-16(10-12-17-13-16)15(19)18-11-6-9-14-7-4-3-5-8-14/h3-5,7-8,17H,2,6,9-13H2,1H3,(H,18,19). The summed E-state index contributed by atoms with van der Waals surface area (Å²) >= 11 is 0. The minimum Gasteiger partial charge on any atom is -0.356 e. The van der Waals surface area contributed by atoms with Gasteiger partial charge in [-0.25, -0.2) is 0 Å². The van der Waals surface area contributed by atoms with Crippen LogP contribution in [0.3, 0.4) is 0 Å². The molecule has 3 heteroatoms. The van der Waals surface area contributed by atoms with Crippen LogP contribution in [0.4, 0.5) is 0 Å². The monoisotopic (exact) mass is 260 g/mol. The molecule has 1 aromatic carbocycles. The molecule has 3 nitrogen and oxygen atoms in total. The van der Waals surface area contributed by atoms with Gasteiger partial charge in [0.2, 0.25) is 5.91 Å². The molecule has 1 heterocycles. The summed E-state index contributed by atoms with van der Waals surface area (Å²) in [5.41, 5.74) is 1.18. The molecule has 1 atom stereocenters. The quantitative estimate of drug-likeness (QED) is 0.769. The topological polar surface area (TPSA) is 41.1 Å². The molecule has 0 aliphatic carbocycles. The minimum atomic E-state index is -0.160. The highest BCUT2D eigenvalue weighted by Crippen LogP contribution is 2.29. The molecule has 1 amide bonds. The van der Waals surface area contributed by atoms with Crippen LogP contribution in [0, 0.1) is 5.41 Å². The van der Waals surface area contributed by atoms with E-state index in [4.69, 9.17) is 0 Å². The Bertz CT molecular complexity index is 396. The van der Waals surface area contributed by atoms with Crippen molar-refractivity contribution in [2.45, 2.75) is 32.6 Å². The Morgan fingerprint density at radius 2 is 2.16 bits per heavy atom. The van der Waals surface area contributed by atoms with E-state index in [1.165, 1.54) is 5.56 Å². The van der Waals surface area contributed by atoms with Crippen LogP contribution in [0.1, 0.15) is 31.7 Å². The maximum Gasteiger partial charge on any atom is 0.227 e. The lowest BCUT2D eigenvalue weighted by molar-refractivity contribution is -0.130. The first kappa shape index (κ1) is 14.1. The second-order valence-corrected chi connectivity index (χ2v) is 5.41. The number of amides is 1. The third-order valence-corrected chi connectivity index (χ3v) is 4.17. The number of carbonyl (C=O) groups is 1. The van der Waals surface area contributed by atoms with Crippen molar-refractivity contribution in [2.24, 2.45) is 5.41 Å². The molecular weight excluding hydrogens is 236 g/mol. The average Bonchev–Trinajstić information content (AvgIpc) is 2.94. The van der Waals surface area contributed by atoms with Gasteiger partial charge in [-0.05, 0) is 37.8 Å². The summed E-state index contributed by atoms with van der Waals surface area (Å²) < 4.78 is 0. The van der Waals surface area contributed by atoms with Gasteiger partial charge < -0.3 is 10.6 Å². The highest BCUT2D eigenvalue weighted by atomic mass is 16.2. The zero-order valence-corrected chi connectivity index (χ0v) is 11.7. The van der Waals surface area contributed by atoms with Gasteiger partial charge in [0.05, 0.1) is 5.41 Å². The van der Waals surface area contributed by atoms with E-state index < -0.39 is 0 Å². The van der Waals surface area contributed by atoms with Crippen LogP contribution in [-0.2, 0) is 11.2 Å². The predicted molar refractivity (Wildman–Crippen MR) is 78.0 cm³/mol. The van der Waals surface area contributed by atoms with Gasteiger partial charge >= 0.3 is 0 Å². The molecule has 19 heavy (non-hydrogen) atoms. The van der Waals surface area contributed by atoms with Crippen LogP contribution >= 0.6 is 0 Å². The van der Waals surface area contributed by atoms with E-state index in [1.54, 1.807) is 0 Å². The first-order valence-corrected chi connectivity index (χ1v) is 7.30. The Hall–Kier alpha value is -1.35. The fraction of sp³-hybridized carbons (Fsp3) is 0.562. The van der Waals surface area contributed by atoms with Gasteiger partial charge in [0.25, 0.3) is 0 Å². The molecule has 0 spiro atoms. The molecule has 1 aliphatic heterocycles. The normalized spacial score (nSPS) is 22.4. The summed E-state index contributed by atoms with van der Waals surface area (Å²) in [6.07, 6.45) is 3.92. The van der Waals surface area contributed by atoms with Gasteiger partial charge in [0.15, 0.2) is 0 Å². The molecule has 104 valence electrons. The van der Waals surface area contributed by atoms with Crippen LogP contribution < -0.4 is 10.6 Å². The van der Waals surface area contributed by atoms with Gasteiger partial charge in [-0.15, -0.1) is 0 Å². The molecule has 1 aromatic rings. The van der Waals surface area contributed by atoms with Crippen molar-refractivity contribution in [3.05, 3.63) is 35.9 Å². The zero-order chi connectivity index (χ0) is 13.6. The van der Waals surface area contributed by atoms with Crippen LogP contribution in [0.25, 0.3) is 0 Å². The molecule has 2 N–H and O–H groups in total. The van der Waals surface area contributed by atoms with Crippen molar-refractivity contribution in [1.29, 1.82) is 0 Å². The SMILES string of the molecule is CCC1(C(=O)NCCCc2ccccc2)CCNC1. The average molecular weight is 260 g/mol. The Labute approximate surface area is 115 Å². The number of rotatable bonds is 6. The van der Waals surface area contributed by atoms with E-state index >= 15 is 0 Å². The van der Waals surface area contributed by atoms with Crippen molar-refractivity contribution in [3.63, 3.8) is 0 Å². The van der Waals surface area contributed by atoms with Gasteiger partial charge in [-0.1, -0.05) is 37.3 Å². The van der Waals surface area contributed by atoms with E-state index in [2.05, 4.69) is 41.8 Å². The molecular formula is C16H24N2O. The highest BCUT2D eigenvalue weighted by molar-refractivity contribution is 5.83. The van der Waals surface area contributed by atoms with E-state index in [-0.39, 0.29) is 11.3 Å². The third-order valence-electron chi connectivity index (χ3n) is 4.17. The summed E-state index contributed by atoms with van der Waals surface area (Å²) in [6.45, 7) is 4.67. The second kappa shape index (κ2) is 6.71. The molecule has 2 rings (SSSR count). The van der Waals surface area contributed by atoms with E-state index in [0.717, 1.165) is 45.3 Å². The molecule has 0 saturated carbocycles. The van der Waals surface area contributed by atoms with Crippen molar-refractivity contribution in [1.82, 2.24) is 10.6 Å². The minimum absolute atomic E-state index is 0.160. The smallest absolute Gasteiger partial charge is 0.227 e. The lowest BCUT2D eigenvalue weighted by Gasteiger charge is -2.25. The summed E-state index contributed by atoms with van der Waals surface area (Å²) in [5, 5.41) is 6.41. The van der Waals surface area contributed by atoms with Crippen LogP contribution in [0.2, 0.25) is 0 Å². The van der Waals surface area contributed by atoms with Crippen molar-refractivity contribution in [2.75, 3.05) is 19.6 Å². The largest absolute Gasteiger partial charge is 0.356 e. The number of nitrogens with one attached hydrogen (secondary N) is 2. The lowest BCUT2D eigenvalue weighted by atomic mass is 9.83. The number of benzene rings is 1. The predicted octanol–water partition coefficient (Wildman–Crippen LogP) is 2.13. The Morgan fingerprint density at radius 3 is 2.79 bits per heavy atom. The third kappa shape index (κ3) is 3.57. The number of hydrogen-bond donors (Lipinski definition) is 2. The van der Waals surface area contributed by atoms with E-state index in [0.29, 0.717) is 0 Å². The van der Waals surface area contributed by atoms with E-state index in [9.17, 15) is 4.79 Å². The molecule has 1 fully saturated rings. The summed E-state index contributed by atoms with van der Waals surface area (Å²) in [5.74, 6) is 0.230. The first-order valence-electron chi connectivity index (χ1n) is 7.30. The van der Waals surface area contributed by atoms with Crippen LogP contribution in [-0.4, -0.2) is 25.5 Å². The summed E-state index contributed by atoms with van der Waals surface area (Å²) in [7, 11) is 0. The summed E-state index contributed by atoms with van der Waals surface area (Å²) in [4.78, 5) is 12.3. The van der Waals surface area contributed by atoms with E-state index in [1.807, 2.05) is 6.07 Å². The maximum atomic E-state index is 12.3. The Balaban J connectivity index is 1.72. The van der Waals surface area contributed by atoms with Crippen LogP contribution in [0.5, 0.6) is 0 Å². The molecule has 0 bridgehead atoms. The molecule has 1 saturated heterocycles. The Morgan fingerprint density at radius 1 is 1.37 bits per heavy atom. The van der Waals surface area contributed by atoms with Gasteiger partial charge in [0, 0.05) is 13.1 Å². The fourth-order valence-electron chi connectivity index (χ4n) is 2.73. The molecule has 0 radical (unpaired) electrons. The number of carbonyl (C=O) groups excluding carboxylic acids is 1. The van der Waals surface area contributed by atoms with Crippen molar-refractivity contribution < 1.29 is 4.79 Å².